The van der Waals surface area contributed by atoms with E-state index < -0.39 is 0 Å². The van der Waals surface area contributed by atoms with Gasteiger partial charge in [0.1, 0.15) is 11.5 Å². The molecule has 0 aliphatic rings. The summed E-state index contributed by atoms with van der Waals surface area (Å²) in [5, 5.41) is 0.688. The zero-order valence-electron chi connectivity index (χ0n) is 9.70. The van der Waals surface area contributed by atoms with Crippen molar-refractivity contribution in [3.63, 3.8) is 0 Å². The lowest BCUT2D eigenvalue weighted by Gasteiger charge is -2.12. The minimum absolute atomic E-state index is 0.540. The lowest BCUT2D eigenvalue weighted by Crippen LogP contribution is -2.04. The molecule has 0 saturated heterocycles. The highest BCUT2D eigenvalue weighted by molar-refractivity contribution is 9.10. The van der Waals surface area contributed by atoms with Gasteiger partial charge in [-0.3, -0.25) is 0 Å². The van der Waals surface area contributed by atoms with Crippen molar-refractivity contribution in [2.75, 3.05) is 6.54 Å². The summed E-state index contributed by atoms with van der Waals surface area (Å²) in [6.45, 7) is 0.540. The lowest BCUT2D eigenvalue weighted by molar-refractivity contribution is 0.476. The van der Waals surface area contributed by atoms with Gasteiger partial charge in [0, 0.05) is 15.1 Å². The maximum Gasteiger partial charge on any atom is 0.132 e. The number of nitrogens with two attached hydrogens (primary N) is 1. The van der Waals surface area contributed by atoms with Gasteiger partial charge < -0.3 is 10.5 Å². The van der Waals surface area contributed by atoms with Gasteiger partial charge in [0.2, 0.25) is 0 Å². The molecule has 2 aromatic carbocycles. The third kappa shape index (κ3) is 3.25. The molecule has 0 fully saturated rings. The molecule has 0 aliphatic heterocycles. The second-order valence-corrected chi connectivity index (χ2v) is 5.14. The van der Waals surface area contributed by atoms with Crippen molar-refractivity contribution in [2.45, 2.75) is 6.42 Å². The largest absolute Gasteiger partial charge is 0.457 e. The summed E-state index contributed by atoms with van der Waals surface area (Å²) >= 11 is 9.57. The summed E-state index contributed by atoms with van der Waals surface area (Å²) in [7, 11) is 0. The molecule has 0 atom stereocenters. The molecule has 0 aromatic heterocycles. The van der Waals surface area contributed by atoms with Gasteiger partial charge in [0.15, 0.2) is 0 Å². The highest BCUT2D eigenvalue weighted by atomic mass is 79.9. The van der Waals surface area contributed by atoms with Crippen molar-refractivity contribution in [3.8, 4) is 11.5 Å². The SMILES string of the molecule is NCCc1c(Cl)cccc1Oc1cccc(Br)c1. The van der Waals surface area contributed by atoms with Gasteiger partial charge in [0.25, 0.3) is 0 Å². The molecule has 18 heavy (non-hydrogen) atoms. The van der Waals surface area contributed by atoms with Crippen LogP contribution in [0.15, 0.2) is 46.9 Å². The van der Waals surface area contributed by atoms with E-state index in [-0.39, 0.29) is 0 Å². The van der Waals surface area contributed by atoms with Crippen LogP contribution in [-0.4, -0.2) is 6.54 Å². The Balaban J connectivity index is 2.31. The van der Waals surface area contributed by atoms with Crippen molar-refractivity contribution in [1.29, 1.82) is 0 Å². The van der Waals surface area contributed by atoms with Gasteiger partial charge in [-0.25, -0.2) is 0 Å². The first-order chi connectivity index (χ1) is 8.70. The zero-order chi connectivity index (χ0) is 13.0. The van der Waals surface area contributed by atoms with Crippen LogP contribution in [-0.2, 0) is 6.42 Å². The van der Waals surface area contributed by atoms with E-state index in [1.165, 1.54) is 0 Å². The van der Waals surface area contributed by atoms with E-state index in [0.29, 0.717) is 18.0 Å². The number of halogens is 2. The molecule has 0 saturated carbocycles. The van der Waals surface area contributed by atoms with Crippen LogP contribution in [0.4, 0.5) is 0 Å². The summed E-state index contributed by atoms with van der Waals surface area (Å²) in [6, 6.07) is 13.3. The fourth-order valence-electron chi connectivity index (χ4n) is 1.68. The molecule has 0 spiro atoms. The summed E-state index contributed by atoms with van der Waals surface area (Å²) in [5.74, 6) is 1.52. The Morgan fingerprint density at radius 2 is 1.94 bits per heavy atom. The van der Waals surface area contributed by atoms with Crippen molar-refractivity contribution in [2.24, 2.45) is 5.73 Å². The zero-order valence-corrected chi connectivity index (χ0v) is 12.0. The van der Waals surface area contributed by atoms with Crippen molar-refractivity contribution in [3.05, 3.63) is 57.5 Å². The minimum Gasteiger partial charge on any atom is -0.457 e. The van der Waals surface area contributed by atoms with Crippen LogP contribution in [0.25, 0.3) is 0 Å². The molecule has 0 bridgehead atoms. The number of hydrogen-bond acceptors (Lipinski definition) is 2. The van der Waals surface area contributed by atoms with Gasteiger partial charge in [-0.2, -0.15) is 0 Å². The molecule has 2 rings (SSSR count). The molecule has 0 aliphatic carbocycles. The van der Waals surface area contributed by atoms with Gasteiger partial charge in [-0.05, 0) is 43.3 Å². The summed E-state index contributed by atoms with van der Waals surface area (Å²) in [6.07, 6.45) is 0.697. The lowest BCUT2D eigenvalue weighted by atomic mass is 10.1. The van der Waals surface area contributed by atoms with E-state index in [2.05, 4.69) is 15.9 Å². The molecule has 4 heteroatoms. The quantitative estimate of drug-likeness (QED) is 0.904. The first-order valence-electron chi connectivity index (χ1n) is 5.61. The van der Waals surface area contributed by atoms with E-state index in [9.17, 15) is 0 Å². The Hall–Kier alpha value is -1.03. The monoisotopic (exact) mass is 325 g/mol. The van der Waals surface area contributed by atoms with Gasteiger partial charge in [-0.1, -0.05) is 39.7 Å². The van der Waals surface area contributed by atoms with Crippen LogP contribution < -0.4 is 10.5 Å². The molecule has 94 valence electrons. The predicted octanol–water partition coefficient (Wildman–Crippen LogP) is 4.40. The first kappa shape index (κ1) is 13.4. The number of benzene rings is 2. The maximum atomic E-state index is 6.16. The molecule has 0 unspecified atom stereocenters. The third-order valence-electron chi connectivity index (χ3n) is 2.49. The predicted molar refractivity (Wildman–Crippen MR) is 78.4 cm³/mol. The van der Waals surface area contributed by atoms with Crippen LogP contribution in [0.1, 0.15) is 5.56 Å². The van der Waals surface area contributed by atoms with E-state index in [1.54, 1.807) is 0 Å². The Labute approximate surface area is 120 Å². The van der Waals surface area contributed by atoms with Crippen molar-refractivity contribution in [1.82, 2.24) is 0 Å². The average molecular weight is 327 g/mol. The van der Waals surface area contributed by atoms with Crippen LogP contribution in [0.5, 0.6) is 11.5 Å². The van der Waals surface area contributed by atoms with Crippen LogP contribution >= 0.6 is 27.5 Å². The Kier molecular flexibility index (Phi) is 4.64. The molecule has 0 heterocycles. The Morgan fingerprint density at radius 1 is 1.17 bits per heavy atom. The number of hydrogen-bond donors (Lipinski definition) is 1. The molecular formula is C14H13BrClNO. The van der Waals surface area contributed by atoms with E-state index >= 15 is 0 Å². The van der Waals surface area contributed by atoms with Gasteiger partial charge in [-0.15, -0.1) is 0 Å². The standard InChI is InChI=1S/C14H13BrClNO/c15-10-3-1-4-11(9-10)18-14-6-2-5-13(16)12(14)7-8-17/h1-6,9H,7-8,17H2. The maximum absolute atomic E-state index is 6.16. The van der Waals surface area contributed by atoms with E-state index in [0.717, 1.165) is 21.5 Å². The summed E-state index contributed by atoms with van der Waals surface area (Å²) in [4.78, 5) is 0. The number of rotatable bonds is 4. The second-order valence-electron chi connectivity index (χ2n) is 3.81. The highest BCUT2D eigenvalue weighted by Gasteiger charge is 2.08. The second kappa shape index (κ2) is 6.23. The Bertz CT molecular complexity index is 545. The molecule has 0 radical (unpaired) electrons. The third-order valence-corrected chi connectivity index (χ3v) is 3.34. The summed E-state index contributed by atoms with van der Waals surface area (Å²) in [5.41, 5.74) is 6.54. The molecule has 2 nitrogen and oxygen atoms in total. The molecule has 2 aromatic rings. The molecule has 2 N–H and O–H groups in total. The average Bonchev–Trinajstić information content (AvgIpc) is 2.34. The Morgan fingerprint density at radius 3 is 2.67 bits per heavy atom. The fraction of sp³-hybridized carbons (Fsp3) is 0.143. The van der Waals surface area contributed by atoms with E-state index in [4.69, 9.17) is 22.1 Å². The van der Waals surface area contributed by atoms with Crippen LogP contribution in [0.2, 0.25) is 5.02 Å². The fourth-order valence-corrected chi connectivity index (χ4v) is 2.32. The van der Waals surface area contributed by atoms with Crippen LogP contribution in [0, 0.1) is 0 Å². The minimum atomic E-state index is 0.540. The first-order valence-corrected chi connectivity index (χ1v) is 6.78. The normalized spacial score (nSPS) is 10.4. The van der Waals surface area contributed by atoms with Crippen molar-refractivity contribution < 1.29 is 4.74 Å². The smallest absolute Gasteiger partial charge is 0.132 e. The van der Waals surface area contributed by atoms with Crippen molar-refractivity contribution >= 4 is 27.5 Å². The van der Waals surface area contributed by atoms with Crippen LogP contribution in [0.3, 0.4) is 0 Å². The highest BCUT2D eigenvalue weighted by Crippen LogP contribution is 2.31. The van der Waals surface area contributed by atoms with Gasteiger partial charge >= 0.3 is 0 Å². The van der Waals surface area contributed by atoms with E-state index in [1.807, 2.05) is 42.5 Å². The molecule has 0 amide bonds. The van der Waals surface area contributed by atoms with Gasteiger partial charge in [0.05, 0.1) is 0 Å². The number of ether oxygens (including phenoxy) is 1. The topological polar surface area (TPSA) is 35.2 Å². The molecular weight excluding hydrogens is 314 g/mol. The summed E-state index contributed by atoms with van der Waals surface area (Å²) < 4.78 is 6.83.